The summed E-state index contributed by atoms with van der Waals surface area (Å²) in [5, 5.41) is 4.75. The molecule has 6 aromatic carbocycles. The lowest BCUT2D eigenvalue weighted by atomic mass is 10.0. The Labute approximate surface area is 323 Å². The lowest BCUT2D eigenvalue weighted by Gasteiger charge is -2.12. The van der Waals surface area contributed by atoms with Crippen LogP contribution < -0.4 is 0 Å². The highest BCUT2D eigenvalue weighted by atomic mass is 15.1. The summed E-state index contributed by atoms with van der Waals surface area (Å²) in [5.41, 5.74) is 14.2. The Morgan fingerprint density at radius 3 is 2.05 bits per heavy atom. The van der Waals surface area contributed by atoms with Crippen LogP contribution in [0.1, 0.15) is 25.3 Å². The minimum atomic E-state index is 0.370. The molecule has 0 unspecified atom stereocenters. The second-order valence-electron chi connectivity index (χ2n) is 14.8. The topological polar surface area (TPSA) is 64.3 Å². The molecule has 6 heteroatoms. The minimum absolute atomic E-state index is 0.370. The number of nitrogens with zero attached hydrogens (tertiary/aromatic N) is 5. The van der Waals surface area contributed by atoms with Crippen LogP contribution in [-0.4, -0.2) is 29.1 Å². The Bertz CT molecular complexity index is 3280. The SMILES string of the molecule is CC(C)c1ccnc(-n2c3cc(-c4ccncc4)ccc3c3ccc(-c4cccc5c4nc(-c4cccc6c4[nH]c4ccccc46)n5-c4ccccc4)cc32)c1. The lowest BCUT2D eigenvalue weighted by Crippen LogP contribution is -2.00. The molecule has 5 heterocycles. The Balaban J connectivity index is 1.17. The van der Waals surface area contributed by atoms with Gasteiger partial charge in [0.25, 0.3) is 0 Å². The highest BCUT2D eigenvalue weighted by Crippen LogP contribution is 2.41. The molecule has 56 heavy (non-hydrogen) atoms. The third-order valence-corrected chi connectivity index (χ3v) is 11.2. The first-order chi connectivity index (χ1) is 27.6. The van der Waals surface area contributed by atoms with Crippen molar-refractivity contribution in [1.29, 1.82) is 0 Å². The molecule has 0 amide bonds. The highest BCUT2D eigenvalue weighted by molar-refractivity contribution is 6.13. The molecule has 0 aliphatic carbocycles. The van der Waals surface area contributed by atoms with Gasteiger partial charge in [-0.15, -0.1) is 0 Å². The van der Waals surface area contributed by atoms with E-state index in [0.717, 1.165) is 78.2 Å². The summed E-state index contributed by atoms with van der Waals surface area (Å²) in [6.45, 7) is 4.46. The fraction of sp³-hybridized carbons (Fsp3) is 0.0600. The van der Waals surface area contributed by atoms with Gasteiger partial charge in [0, 0.05) is 62.5 Å². The van der Waals surface area contributed by atoms with E-state index in [4.69, 9.17) is 9.97 Å². The normalized spacial score (nSPS) is 11.9. The largest absolute Gasteiger partial charge is 0.354 e. The van der Waals surface area contributed by atoms with Gasteiger partial charge in [-0.05, 0) is 94.9 Å². The van der Waals surface area contributed by atoms with E-state index in [1.807, 2.05) is 18.6 Å². The summed E-state index contributed by atoms with van der Waals surface area (Å²) in [7, 11) is 0. The minimum Gasteiger partial charge on any atom is -0.354 e. The molecule has 0 atom stereocenters. The predicted octanol–water partition coefficient (Wildman–Crippen LogP) is 12.7. The molecular formula is C50H36N6. The number of aromatic nitrogens is 6. The fourth-order valence-corrected chi connectivity index (χ4v) is 8.48. The Morgan fingerprint density at radius 2 is 1.23 bits per heavy atom. The molecule has 0 aliphatic heterocycles. The maximum atomic E-state index is 5.55. The van der Waals surface area contributed by atoms with E-state index in [2.05, 4.69) is 185 Å². The van der Waals surface area contributed by atoms with Gasteiger partial charge in [-0.1, -0.05) is 98.8 Å². The van der Waals surface area contributed by atoms with E-state index in [9.17, 15) is 0 Å². The molecule has 0 saturated carbocycles. The zero-order chi connectivity index (χ0) is 37.3. The molecule has 6 nitrogen and oxygen atoms in total. The van der Waals surface area contributed by atoms with Crippen molar-refractivity contribution in [1.82, 2.24) is 29.1 Å². The quantitative estimate of drug-likeness (QED) is 0.186. The summed E-state index contributed by atoms with van der Waals surface area (Å²) in [6, 6.07) is 54.2. The molecule has 5 aromatic heterocycles. The third kappa shape index (κ3) is 5.00. The maximum Gasteiger partial charge on any atom is 0.147 e. The predicted molar refractivity (Wildman–Crippen MR) is 231 cm³/mol. The first-order valence-corrected chi connectivity index (χ1v) is 19.1. The number of imidazole rings is 1. The van der Waals surface area contributed by atoms with Crippen molar-refractivity contribution < 1.29 is 0 Å². The van der Waals surface area contributed by atoms with Crippen molar-refractivity contribution in [2.45, 2.75) is 19.8 Å². The number of pyridine rings is 2. The lowest BCUT2D eigenvalue weighted by molar-refractivity contribution is 0.858. The molecule has 0 aliphatic rings. The number of fused-ring (bicyclic) bond motifs is 7. The van der Waals surface area contributed by atoms with E-state index in [1.165, 1.54) is 27.1 Å². The number of nitrogens with one attached hydrogen (secondary N) is 1. The summed E-state index contributed by atoms with van der Waals surface area (Å²) >= 11 is 0. The summed E-state index contributed by atoms with van der Waals surface area (Å²) in [4.78, 5) is 18.5. The van der Waals surface area contributed by atoms with Gasteiger partial charge in [0.05, 0.1) is 27.6 Å². The van der Waals surface area contributed by atoms with Gasteiger partial charge in [0.1, 0.15) is 11.6 Å². The first-order valence-electron chi connectivity index (χ1n) is 19.1. The zero-order valence-corrected chi connectivity index (χ0v) is 31.0. The Morgan fingerprint density at radius 1 is 0.518 bits per heavy atom. The average molecular weight is 721 g/mol. The maximum absolute atomic E-state index is 5.55. The monoisotopic (exact) mass is 720 g/mol. The van der Waals surface area contributed by atoms with Gasteiger partial charge in [-0.3, -0.25) is 14.1 Å². The third-order valence-electron chi connectivity index (χ3n) is 11.2. The number of rotatable bonds is 6. The average Bonchev–Trinajstić information content (AvgIpc) is 3.93. The van der Waals surface area contributed by atoms with Crippen LogP contribution in [0, 0.1) is 0 Å². The van der Waals surface area contributed by atoms with Gasteiger partial charge in [0.15, 0.2) is 0 Å². The molecule has 0 saturated heterocycles. The fourth-order valence-electron chi connectivity index (χ4n) is 8.48. The van der Waals surface area contributed by atoms with Crippen LogP contribution in [0.15, 0.2) is 170 Å². The molecule has 0 radical (unpaired) electrons. The van der Waals surface area contributed by atoms with Crippen molar-refractivity contribution in [2.75, 3.05) is 0 Å². The van der Waals surface area contributed by atoms with Crippen LogP contribution in [-0.2, 0) is 0 Å². The number of aromatic amines is 1. The zero-order valence-electron chi connectivity index (χ0n) is 31.0. The standard InChI is InChI=1S/C50H36N6/c1-31(2)33-24-27-52-47(30-33)56-45-28-34(32-22-25-51-26-23-32)18-20-39(45)40-21-19-35(29-46(40)56)37-13-9-17-44-49(37)54-50(55(44)36-10-4-3-5-11-36)42-15-8-14-41-38-12-6-7-16-43(38)53-48(41)42/h3-31,53H,1-2H3. The van der Waals surface area contributed by atoms with Gasteiger partial charge >= 0.3 is 0 Å². The molecule has 11 aromatic rings. The van der Waals surface area contributed by atoms with E-state index in [1.54, 1.807) is 0 Å². The number of hydrogen-bond donors (Lipinski definition) is 1. The summed E-state index contributed by atoms with van der Waals surface area (Å²) in [6.07, 6.45) is 5.63. The van der Waals surface area contributed by atoms with Gasteiger partial charge < -0.3 is 4.98 Å². The number of hydrogen-bond acceptors (Lipinski definition) is 3. The molecule has 1 N–H and O–H groups in total. The second-order valence-corrected chi connectivity index (χ2v) is 14.8. The molecule has 11 rings (SSSR count). The van der Waals surface area contributed by atoms with Crippen molar-refractivity contribution in [3.05, 3.63) is 176 Å². The number of H-pyrrole nitrogens is 1. The molecule has 0 fully saturated rings. The Hall–Kier alpha value is -7.31. The van der Waals surface area contributed by atoms with E-state index in [0.29, 0.717) is 5.92 Å². The van der Waals surface area contributed by atoms with Crippen LogP contribution in [0.3, 0.4) is 0 Å². The molecular weight excluding hydrogens is 685 g/mol. The van der Waals surface area contributed by atoms with E-state index in [-0.39, 0.29) is 0 Å². The number of para-hydroxylation sites is 4. The molecule has 266 valence electrons. The molecule has 0 bridgehead atoms. The van der Waals surface area contributed by atoms with Crippen molar-refractivity contribution in [3.8, 4) is 45.1 Å². The number of benzene rings is 6. The highest BCUT2D eigenvalue weighted by Gasteiger charge is 2.22. The van der Waals surface area contributed by atoms with Crippen molar-refractivity contribution in [2.24, 2.45) is 0 Å². The van der Waals surface area contributed by atoms with Crippen molar-refractivity contribution in [3.63, 3.8) is 0 Å². The summed E-state index contributed by atoms with van der Waals surface area (Å²) < 4.78 is 4.63. The second kappa shape index (κ2) is 12.6. The van der Waals surface area contributed by atoms with Crippen LogP contribution in [0.2, 0.25) is 0 Å². The van der Waals surface area contributed by atoms with Gasteiger partial charge in [-0.25, -0.2) is 9.97 Å². The van der Waals surface area contributed by atoms with Crippen LogP contribution in [0.25, 0.3) is 99.8 Å². The van der Waals surface area contributed by atoms with Gasteiger partial charge in [-0.2, -0.15) is 0 Å². The van der Waals surface area contributed by atoms with Crippen molar-refractivity contribution >= 4 is 54.6 Å². The van der Waals surface area contributed by atoms with Gasteiger partial charge in [0.2, 0.25) is 0 Å². The van der Waals surface area contributed by atoms with Crippen LogP contribution in [0.4, 0.5) is 0 Å². The van der Waals surface area contributed by atoms with E-state index < -0.39 is 0 Å². The van der Waals surface area contributed by atoms with E-state index >= 15 is 0 Å². The van der Waals surface area contributed by atoms with Crippen LogP contribution in [0.5, 0.6) is 0 Å². The molecule has 0 spiro atoms. The Kier molecular flexibility index (Phi) is 7.26. The van der Waals surface area contributed by atoms with Crippen LogP contribution >= 0.6 is 0 Å². The first kappa shape index (κ1) is 32.1. The smallest absolute Gasteiger partial charge is 0.147 e. The summed E-state index contributed by atoms with van der Waals surface area (Å²) in [5.74, 6) is 2.17.